The Labute approximate surface area is 123 Å². The van der Waals surface area contributed by atoms with Crippen molar-refractivity contribution < 1.29 is 9.47 Å². The third-order valence-corrected chi connectivity index (χ3v) is 3.28. The molecule has 1 fully saturated rings. The molecule has 1 N–H and O–H groups in total. The number of aromatic nitrogens is 2. The molecule has 2 heterocycles. The van der Waals surface area contributed by atoms with E-state index in [-0.39, 0.29) is 0 Å². The summed E-state index contributed by atoms with van der Waals surface area (Å²) in [6, 6.07) is 9.59. The number of nitrogens with one attached hydrogen (secondary N) is 1. The number of methoxy groups -OCH3 is 1. The molecule has 2 aromatic rings. The van der Waals surface area contributed by atoms with Gasteiger partial charge in [0.25, 0.3) is 0 Å². The lowest BCUT2D eigenvalue weighted by Crippen LogP contribution is -2.37. The Bertz CT molecular complexity index is 600. The van der Waals surface area contributed by atoms with Gasteiger partial charge >= 0.3 is 0 Å². The fourth-order valence-electron chi connectivity index (χ4n) is 2.18. The summed E-state index contributed by atoms with van der Waals surface area (Å²) in [6.07, 6.45) is 1.76. The molecule has 0 aliphatic carbocycles. The molecule has 0 saturated carbocycles. The summed E-state index contributed by atoms with van der Waals surface area (Å²) in [5.74, 6) is 2.30. The van der Waals surface area contributed by atoms with Gasteiger partial charge in [0.05, 0.1) is 20.3 Å². The molecule has 0 radical (unpaired) electrons. The van der Waals surface area contributed by atoms with Gasteiger partial charge in [0.2, 0.25) is 5.95 Å². The highest BCUT2D eigenvalue weighted by molar-refractivity contribution is 5.59. The molecule has 6 heteroatoms. The van der Waals surface area contributed by atoms with Crippen LogP contribution >= 0.6 is 0 Å². The lowest BCUT2D eigenvalue weighted by molar-refractivity contribution is 0.122. The van der Waals surface area contributed by atoms with Crippen molar-refractivity contribution in [1.29, 1.82) is 0 Å². The van der Waals surface area contributed by atoms with Crippen molar-refractivity contribution in [2.75, 3.05) is 43.6 Å². The number of ether oxygens (including phenoxy) is 2. The first-order valence-corrected chi connectivity index (χ1v) is 6.92. The van der Waals surface area contributed by atoms with Gasteiger partial charge in [-0.3, -0.25) is 0 Å². The SMILES string of the molecule is COc1cccc(Nc2ccnc(N3CCOCC3)n2)c1. The maximum absolute atomic E-state index is 5.35. The van der Waals surface area contributed by atoms with E-state index in [0.717, 1.165) is 49.5 Å². The Morgan fingerprint density at radius 2 is 2.10 bits per heavy atom. The Morgan fingerprint density at radius 3 is 2.90 bits per heavy atom. The topological polar surface area (TPSA) is 59.5 Å². The van der Waals surface area contributed by atoms with Crippen molar-refractivity contribution in [3.05, 3.63) is 36.5 Å². The summed E-state index contributed by atoms with van der Waals surface area (Å²) in [7, 11) is 1.65. The molecule has 1 saturated heterocycles. The Kier molecular flexibility index (Phi) is 4.16. The highest BCUT2D eigenvalue weighted by Crippen LogP contribution is 2.21. The lowest BCUT2D eigenvalue weighted by Gasteiger charge is -2.26. The summed E-state index contributed by atoms with van der Waals surface area (Å²) in [6.45, 7) is 3.08. The maximum atomic E-state index is 5.35. The second kappa shape index (κ2) is 6.41. The first kappa shape index (κ1) is 13.6. The first-order chi connectivity index (χ1) is 10.3. The van der Waals surface area contributed by atoms with Crippen LogP contribution in [0.5, 0.6) is 5.75 Å². The highest BCUT2D eigenvalue weighted by Gasteiger charge is 2.13. The number of nitrogens with zero attached hydrogens (tertiary/aromatic N) is 3. The van der Waals surface area contributed by atoms with Crippen molar-refractivity contribution in [2.24, 2.45) is 0 Å². The van der Waals surface area contributed by atoms with Crippen molar-refractivity contribution in [1.82, 2.24) is 9.97 Å². The minimum absolute atomic E-state index is 0.719. The molecular weight excluding hydrogens is 268 g/mol. The van der Waals surface area contributed by atoms with Gasteiger partial charge in [-0.25, -0.2) is 4.98 Å². The van der Waals surface area contributed by atoms with E-state index in [0.29, 0.717) is 0 Å². The highest BCUT2D eigenvalue weighted by atomic mass is 16.5. The molecule has 1 aliphatic heterocycles. The zero-order chi connectivity index (χ0) is 14.5. The van der Waals surface area contributed by atoms with E-state index in [1.165, 1.54) is 0 Å². The average Bonchev–Trinajstić information content (AvgIpc) is 2.56. The molecule has 0 bridgehead atoms. The predicted octanol–water partition coefficient (Wildman–Crippen LogP) is 2.07. The number of morpholine rings is 1. The van der Waals surface area contributed by atoms with E-state index in [9.17, 15) is 0 Å². The molecule has 1 aromatic carbocycles. The second-order valence-corrected chi connectivity index (χ2v) is 4.70. The van der Waals surface area contributed by atoms with Gasteiger partial charge in [-0.1, -0.05) is 6.07 Å². The van der Waals surface area contributed by atoms with Crippen LogP contribution in [0.4, 0.5) is 17.5 Å². The summed E-state index contributed by atoms with van der Waals surface area (Å²) in [5.41, 5.74) is 0.931. The molecule has 1 aliphatic rings. The summed E-state index contributed by atoms with van der Waals surface area (Å²) < 4.78 is 10.6. The number of benzene rings is 1. The first-order valence-electron chi connectivity index (χ1n) is 6.92. The number of anilines is 3. The standard InChI is InChI=1S/C15H18N4O2/c1-20-13-4-2-3-12(11-13)17-14-5-6-16-15(18-14)19-7-9-21-10-8-19/h2-6,11H,7-10H2,1H3,(H,16,17,18). The minimum atomic E-state index is 0.719. The van der Waals surface area contributed by atoms with Gasteiger partial charge in [-0.05, 0) is 18.2 Å². The van der Waals surface area contributed by atoms with Gasteiger partial charge in [0, 0.05) is 31.0 Å². The maximum Gasteiger partial charge on any atom is 0.227 e. The molecular formula is C15H18N4O2. The monoisotopic (exact) mass is 286 g/mol. The average molecular weight is 286 g/mol. The second-order valence-electron chi connectivity index (χ2n) is 4.70. The molecule has 21 heavy (non-hydrogen) atoms. The Balaban J connectivity index is 1.76. The van der Waals surface area contributed by atoms with Gasteiger partial charge in [0.15, 0.2) is 0 Å². The summed E-state index contributed by atoms with van der Waals surface area (Å²) >= 11 is 0. The van der Waals surface area contributed by atoms with Gasteiger partial charge < -0.3 is 19.7 Å². The smallest absolute Gasteiger partial charge is 0.227 e. The van der Waals surface area contributed by atoms with Crippen molar-refractivity contribution >= 4 is 17.5 Å². The third kappa shape index (κ3) is 3.41. The van der Waals surface area contributed by atoms with Gasteiger partial charge in [-0.2, -0.15) is 4.98 Å². The zero-order valence-electron chi connectivity index (χ0n) is 12.0. The van der Waals surface area contributed by atoms with E-state index in [4.69, 9.17) is 9.47 Å². The largest absolute Gasteiger partial charge is 0.497 e. The Morgan fingerprint density at radius 1 is 1.24 bits per heavy atom. The van der Waals surface area contributed by atoms with Gasteiger partial charge in [0.1, 0.15) is 11.6 Å². The fraction of sp³-hybridized carbons (Fsp3) is 0.333. The predicted molar refractivity (Wildman–Crippen MR) is 81.3 cm³/mol. The van der Waals surface area contributed by atoms with E-state index in [1.54, 1.807) is 13.3 Å². The Hall–Kier alpha value is -2.34. The van der Waals surface area contributed by atoms with E-state index < -0.39 is 0 Å². The molecule has 6 nitrogen and oxygen atoms in total. The molecule has 0 atom stereocenters. The van der Waals surface area contributed by atoms with Crippen LogP contribution in [-0.4, -0.2) is 43.4 Å². The summed E-state index contributed by atoms with van der Waals surface area (Å²) in [5, 5.41) is 3.27. The fourth-order valence-corrected chi connectivity index (χ4v) is 2.18. The molecule has 110 valence electrons. The van der Waals surface area contributed by atoms with E-state index in [2.05, 4.69) is 20.2 Å². The molecule has 0 spiro atoms. The van der Waals surface area contributed by atoms with Crippen LogP contribution in [0, 0.1) is 0 Å². The van der Waals surface area contributed by atoms with Gasteiger partial charge in [-0.15, -0.1) is 0 Å². The van der Waals surface area contributed by atoms with Crippen LogP contribution in [0.2, 0.25) is 0 Å². The van der Waals surface area contributed by atoms with Crippen molar-refractivity contribution in [3.63, 3.8) is 0 Å². The molecule has 0 unspecified atom stereocenters. The number of hydrogen-bond donors (Lipinski definition) is 1. The minimum Gasteiger partial charge on any atom is -0.497 e. The van der Waals surface area contributed by atoms with Crippen LogP contribution < -0.4 is 15.0 Å². The van der Waals surface area contributed by atoms with E-state index in [1.807, 2.05) is 30.3 Å². The van der Waals surface area contributed by atoms with Crippen molar-refractivity contribution in [3.8, 4) is 5.75 Å². The number of rotatable bonds is 4. The normalized spacial score (nSPS) is 14.8. The van der Waals surface area contributed by atoms with Crippen LogP contribution in [0.3, 0.4) is 0 Å². The molecule has 0 amide bonds. The molecule has 1 aromatic heterocycles. The number of hydrogen-bond acceptors (Lipinski definition) is 6. The van der Waals surface area contributed by atoms with Crippen LogP contribution in [0.1, 0.15) is 0 Å². The van der Waals surface area contributed by atoms with Crippen LogP contribution in [0.15, 0.2) is 36.5 Å². The van der Waals surface area contributed by atoms with Crippen LogP contribution in [-0.2, 0) is 4.74 Å². The van der Waals surface area contributed by atoms with E-state index >= 15 is 0 Å². The third-order valence-electron chi connectivity index (χ3n) is 3.28. The van der Waals surface area contributed by atoms with Crippen LogP contribution in [0.25, 0.3) is 0 Å². The lowest BCUT2D eigenvalue weighted by atomic mass is 10.3. The summed E-state index contributed by atoms with van der Waals surface area (Å²) in [4.78, 5) is 11.0. The quantitative estimate of drug-likeness (QED) is 0.928. The van der Waals surface area contributed by atoms with Crippen molar-refractivity contribution in [2.45, 2.75) is 0 Å². The zero-order valence-corrected chi connectivity index (χ0v) is 12.0. The molecule has 3 rings (SSSR count).